The number of benzene rings is 1. The molecule has 5 nitrogen and oxygen atoms in total. The van der Waals surface area contributed by atoms with Gasteiger partial charge >= 0.3 is 0 Å². The molecule has 1 atom stereocenters. The number of nitrogens with one attached hydrogen (secondary N) is 2. The molecule has 0 spiro atoms. The summed E-state index contributed by atoms with van der Waals surface area (Å²) >= 11 is 0. The van der Waals surface area contributed by atoms with E-state index in [0.29, 0.717) is 13.1 Å². The van der Waals surface area contributed by atoms with Gasteiger partial charge in [0.05, 0.1) is 13.2 Å². The molecule has 138 valence electrons. The molecule has 2 N–H and O–H groups in total. The molecule has 24 heavy (non-hydrogen) atoms. The summed E-state index contributed by atoms with van der Waals surface area (Å²) in [6, 6.07) is 8.49. The number of amides is 1. The van der Waals surface area contributed by atoms with E-state index >= 15 is 0 Å². The van der Waals surface area contributed by atoms with Gasteiger partial charge in [0.2, 0.25) is 5.91 Å². The highest BCUT2D eigenvalue weighted by molar-refractivity contribution is 5.85. The standard InChI is InChI=1S/C17H27N3O2.2ClH/c1-14(11-18-2)17(21)19-12-15-3-5-16(6-4-15)13-20-7-9-22-10-8-20;;/h3-6,14,18H,7-13H2,1-2H3,(H,19,21);2*1H. The molecule has 0 saturated carbocycles. The van der Waals surface area contributed by atoms with E-state index in [4.69, 9.17) is 4.74 Å². The first-order valence-electron chi connectivity index (χ1n) is 7.99. The number of carbonyl (C=O) groups is 1. The Morgan fingerprint density at radius 2 is 1.75 bits per heavy atom. The molecule has 1 aliphatic heterocycles. The predicted octanol–water partition coefficient (Wildman–Crippen LogP) is 1.83. The molecule has 1 fully saturated rings. The van der Waals surface area contributed by atoms with E-state index in [1.165, 1.54) is 5.56 Å². The average molecular weight is 378 g/mol. The van der Waals surface area contributed by atoms with Crippen LogP contribution < -0.4 is 10.6 Å². The lowest BCUT2D eigenvalue weighted by Gasteiger charge is -2.26. The number of ether oxygens (including phenoxy) is 1. The Bertz CT molecular complexity index is 465. The monoisotopic (exact) mass is 377 g/mol. The Kier molecular flexibility index (Phi) is 12.1. The van der Waals surface area contributed by atoms with Crippen molar-refractivity contribution in [3.63, 3.8) is 0 Å². The molecule has 1 unspecified atom stereocenters. The number of carbonyl (C=O) groups excluding carboxylic acids is 1. The zero-order valence-electron chi connectivity index (χ0n) is 14.4. The van der Waals surface area contributed by atoms with Crippen molar-refractivity contribution in [2.75, 3.05) is 39.9 Å². The molecule has 7 heteroatoms. The molecular formula is C17H29Cl2N3O2. The quantitative estimate of drug-likeness (QED) is 0.760. The Morgan fingerprint density at radius 1 is 1.17 bits per heavy atom. The SMILES string of the molecule is CNCC(C)C(=O)NCc1ccc(CN2CCOCC2)cc1.Cl.Cl. The van der Waals surface area contributed by atoms with Gasteiger partial charge in [-0.2, -0.15) is 0 Å². The van der Waals surface area contributed by atoms with Crippen LogP contribution in [0, 0.1) is 5.92 Å². The van der Waals surface area contributed by atoms with Crippen molar-refractivity contribution in [1.82, 2.24) is 15.5 Å². The lowest BCUT2D eigenvalue weighted by atomic mass is 10.1. The van der Waals surface area contributed by atoms with Gasteiger partial charge in [-0.15, -0.1) is 24.8 Å². The second-order valence-corrected chi connectivity index (χ2v) is 5.88. The number of nitrogens with zero attached hydrogens (tertiary/aromatic N) is 1. The van der Waals surface area contributed by atoms with E-state index in [0.717, 1.165) is 38.4 Å². The van der Waals surface area contributed by atoms with E-state index in [-0.39, 0.29) is 36.6 Å². The van der Waals surface area contributed by atoms with Crippen LogP contribution in [0.3, 0.4) is 0 Å². The third kappa shape index (κ3) is 7.81. The first-order valence-corrected chi connectivity index (χ1v) is 7.99. The fourth-order valence-electron chi connectivity index (χ4n) is 2.54. The lowest BCUT2D eigenvalue weighted by Crippen LogP contribution is -2.35. The minimum Gasteiger partial charge on any atom is -0.379 e. The van der Waals surface area contributed by atoms with Crippen LogP contribution in [0.25, 0.3) is 0 Å². The lowest BCUT2D eigenvalue weighted by molar-refractivity contribution is -0.124. The van der Waals surface area contributed by atoms with Crippen LogP contribution >= 0.6 is 24.8 Å². The highest BCUT2D eigenvalue weighted by atomic mass is 35.5. The fraction of sp³-hybridized carbons (Fsp3) is 0.588. The molecule has 1 aromatic rings. The zero-order chi connectivity index (χ0) is 15.8. The van der Waals surface area contributed by atoms with Gasteiger partial charge in [-0.3, -0.25) is 9.69 Å². The van der Waals surface area contributed by atoms with Crippen LogP contribution in [0.5, 0.6) is 0 Å². The maximum absolute atomic E-state index is 11.9. The van der Waals surface area contributed by atoms with Gasteiger partial charge in [-0.05, 0) is 18.2 Å². The first kappa shape index (κ1) is 23.1. The first-order chi connectivity index (χ1) is 10.7. The highest BCUT2D eigenvalue weighted by Gasteiger charge is 2.12. The summed E-state index contributed by atoms with van der Waals surface area (Å²) < 4.78 is 5.36. The number of morpholine rings is 1. The van der Waals surface area contributed by atoms with Crippen molar-refractivity contribution in [2.45, 2.75) is 20.0 Å². The van der Waals surface area contributed by atoms with E-state index in [9.17, 15) is 4.79 Å². The van der Waals surface area contributed by atoms with Gasteiger partial charge < -0.3 is 15.4 Å². The van der Waals surface area contributed by atoms with Crippen molar-refractivity contribution in [3.8, 4) is 0 Å². The summed E-state index contributed by atoms with van der Waals surface area (Å²) in [6.07, 6.45) is 0. The fourth-order valence-corrected chi connectivity index (χ4v) is 2.54. The van der Waals surface area contributed by atoms with Crippen molar-refractivity contribution in [2.24, 2.45) is 5.92 Å². The van der Waals surface area contributed by atoms with Crippen molar-refractivity contribution >= 4 is 30.7 Å². The Morgan fingerprint density at radius 3 is 2.33 bits per heavy atom. The number of rotatable bonds is 7. The summed E-state index contributed by atoms with van der Waals surface area (Å²) in [5.74, 6) is 0.0809. The Labute approximate surface area is 157 Å². The van der Waals surface area contributed by atoms with Crippen LogP contribution in [0.2, 0.25) is 0 Å². The third-order valence-corrected chi connectivity index (χ3v) is 3.96. The van der Waals surface area contributed by atoms with E-state index in [1.54, 1.807) is 0 Å². The van der Waals surface area contributed by atoms with Gasteiger partial charge in [-0.1, -0.05) is 31.2 Å². The van der Waals surface area contributed by atoms with Crippen LogP contribution in [0.1, 0.15) is 18.1 Å². The van der Waals surface area contributed by atoms with Crippen LogP contribution in [-0.2, 0) is 22.6 Å². The van der Waals surface area contributed by atoms with Gasteiger partial charge in [0.15, 0.2) is 0 Å². The summed E-state index contributed by atoms with van der Waals surface area (Å²) in [5.41, 5.74) is 2.44. The molecule has 1 amide bonds. The number of hydrogen-bond donors (Lipinski definition) is 2. The molecule has 2 rings (SSSR count). The van der Waals surface area contributed by atoms with E-state index in [1.807, 2.05) is 14.0 Å². The van der Waals surface area contributed by atoms with E-state index in [2.05, 4.69) is 39.8 Å². The van der Waals surface area contributed by atoms with Gasteiger partial charge in [0.1, 0.15) is 0 Å². The summed E-state index contributed by atoms with van der Waals surface area (Å²) in [5, 5.41) is 6.00. The van der Waals surface area contributed by atoms with Crippen LogP contribution in [0.4, 0.5) is 0 Å². The van der Waals surface area contributed by atoms with E-state index < -0.39 is 0 Å². The minimum atomic E-state index is -0.00871. The average Bonchev–Trinajstić information content (AvgIpc) is 2.55. The predicted molar refractivity (Wildman–Crippen MR) is 102 cm³/mol. The van der Waals surface area contributed by atoms with Crippen molar-refractivity contribution in [1.29, 1.82) is 0 Å². The summed E-state index contributed by atoms with van der Waals surface area (Å²) in [4.78, 5) is 14.3. The summed E-state index contributed by atoms with van der Waals surface area (Å²) in [7, 11) is 1.86. The van der Waals surface area contributed by atoms with Crippen LogP contribution in [-0.4, -0.2) is 50.7 Å². The Hall–Kier alpha value is -0.850. The second-order valence-electron chi connectivity index (χ2n) is 5.88. The summed E-state index contributed by atoms with van der Waals surface area (Å²) in [6.45, 7) is 7.84. The highest BCUT2D eigenvalue weighted by Crippen LogP contribution is 2.09. The normalized spacial score (nSPS) is 15.8. The molecule has 0 aromatic heterocycles. The molecular weight excluding hydrogens is 349 g/mol. The second kappa shape index (κ2) is 12.5. The van der Waals surface area contributed by atoms with Crippen molar-refractivity contribution < 1.29 is 9.53 Å². The molecule has 1 heterocycles. The number of hydrogen-bond acceptors (Lipinski definition) is 4. The molecule has 0 bridgehead atoms. The smallest absolute Gasteiger partial charge is 0.224 e. The Balaban J connectivity index is 0.00000264. The molecule has 0 radical (unpaired) electrons. The zero-order valence-corrected chi connectivity index (χ0v) is 16.0. The van der Waals surface area contributed by atoms with Crippen molar-refractivity contribution in [3.05, 3.63) is 35.4 Å². The molecule has 1 aromatic carbocycles. The molecule has 0 aliphatic carbocycles. The maximum atomic E-state index is 11.9. The third-order valence-electron chi connectivity index (χ3n) is 3.96. The van der Waals surface area contributed by atoms with Crippen LogP contribution in [0.15, 0.2) is 24.3 Å². The molecule has 1 saturated heterocycles. The molecule has 1 aliphatic rings. The van der Waals surface area contributed by atoms with Gasteiger partial charge in [-0.25, -0.2) is 0 Å². The largest absolute Gasteiger partial charge is 0.379 e. The maximum Gasteiger partial charge on any atom is 0.224 e. The number of halogens is 2. The van der Waals surface area contributed by atoms with Gasteiger partial charge in [0, 0.05) is 38.6 Å². The topological polar surface area (TPSA) is 53.6 Å². The van der Waals surface area contributed by atoms with Gasteiger partial charge in [0.25, 0.3) is 0 Å². The minimum absolute atomic E-state index is 0.